The summed E-state index contributed by atoms with van der Waals surface area (Å²) >= 11 is 6.05. The van der Waals surface area contributed by atoms with E-state index >= 15 is 0 Å². The molecule has 0 spiro atoms. The number of amides is 1. The predicted octanol–water partition coefficient (Wildman–Crippen LogP) is 4.79. The summed E-state index contributed by atoms with van der Waals surface area (Å²) in [5.74, 6) is 1.07. The lowest BCUT2D eigenvalue weighted by molar-refractivity contribution is -0.117. The molecule has 1 amide bonds. The number of hydrogen-bond acceptors (Lipinski definition) is 4. The van der Waals surface area contributed by atoms with Crippen molar-refractivity contribution in [3.05, 3.63) is 64.4 Å². The molecule has 1 atom stereocenters. The molecule has 3 aromatic rings. The van der Waals surface area contributed by atoms with Crippen molar-refractivity contribution < 1.29 is 9.32 Å². The summed E-state index contributed by atoms with van der Waals surface area (Å²) in [5.41, 5.74) is 4.55. The minimum Gasteiger partial charge on any atom is -0.334 e. The fourth-order valence-electron chi connectivity index (χ4n) is 4.27. The van der Waals surface area contributed by atoms with Crippen LogP contribution in [0, 0.1) is 0 Å². The van der Waals surface area contributed by atoms with Crippen molar-refractivity contribution in [1.29, 1.82) is 0 Å². The van der Waals surface area contributed by atoms with Crippen LogP contribution in [0.15, 0.2) is 47.0 Å². The largest absolute Gasteiger partial charge is 0.334 e. The smallest absolute Gasteiger partial charge is 0.257 e. The van der Waals surface area contributed by atoms with Crippen LogP contribution in [0.2, 0.25) is 5.02 Å². The van der Waals surface area contributed by atoms with E-state index in [9.17, 15) is 4.79 Å². The Kier molecular flexibility index (Phi) is 4.40. The molecule has 2 heterocycles. The third kappa shape index (κ3) is 3.10. The Hall–Kier alpha value is -2.66. The maximum Gasteiger partial charge on any atom is 0.257 e. The van der Waals surface area contributed by atoms with Crippen molar-refractivity contribution in [3.63, 3.8) is 0 Å². The van der Waals surface area contributed by atoms with Gasteiger partial charge in [0.25, 0.3) is 5.89 Å². The Labute approximate surface area is 168 Å². The molecule has 0 N–H and O–H groups in total. The number of aromatic nitrogens is 2. The van der Waals surface area contributed by atoms with Crippen LogP contribution in [0.3, 0.4) is 0 Å². The van der Waals surface area contributed by atoms with E-state index in [-0.39, 0.29) is 11.8 Å². The van der Waals surface area contributed by atoms with E-state index in [1.165, 1.54) is 24.0 Å². The number of carbonyl (C=O) groups excluding carboxylic acids is 1. The molecule has 1 fully saturated rings. The Morgan fingerprint density at radius 1 is 1.11 bits per heavy atom. The van der Waals surface area contributed by atoms with Crippen molar-refractivity contribution >= 4 is 23.2 Å². The van der Waals surface area contributed by atoms with Crippen LogP contribution >= 0.6 is 11.6 Å². The van der Waals surface area contributed by atoms with Gasteiger partial charge < -0.3 is 9.42 Å². The molecule has 28 heavy (non-hydrogen) atoms. The van der Waals surface area contributed by atoms with Crippen molar-refractivity contribution in [3.8, 4) is 11.5 Å². The highest BCUT2D eigenvalue weighted by molar-refractivity contribution is 6.30. The summed E-state index contributed by atoms with van der Waals surface area (Å²) in [4.78, 5) is 19.2. The van der Waals surface area contributed by atoms with Gasteiger partial charge in [-0.05, 0) is 61.1 Å². The van der Waals surface area contributed by atoms with E-state index in [1.54, 1.807) is 12.1 Å². The first-order valence-corrected chi connectivity index (χ1v) is 10.1. The summed E-state index contributed by atoms with van der Waals surface area (Å²) in [7, 11) is 0. The number of benzene rings is 2. The van der Waals surface area contributed by atoms with Gasteiger partial charge in [0.2, 0.25) is 5.91 Å². The minimum absolute atomic E-state index is 0.0661. The first-order valence-electron chi connectivity index (χ1n) is 9.70. The van der Waals surface area contributed by atoms with Gasteiger partial charge in [0.05, 0.1) is 0 Å². The lowest BCUT2D eigenvalue weighted by atomic mass is 9.90. The number of halogens is 1. The fraction of sp³-hybridized carbons (Fsp3) is 0.318. The molecule has 1 saturated heterocycles. The van der Waals surface area contributed by atoms with Gasteiger partial charge in [-0.3, -0.25) is 4.79 Å². The van der Waals surface area contributed by atoms with E-state index in [4.69, 9.17) is 16.1 Å². The number of aryl methyl sites for hydroxylation is 1. The quantitative estimate of drug-likeness (QED) is 0.642. The third-order valence-corrected chi connectivity index (χ3v) is 5.90. The van der Waals surface area contributed by atoms with Gasteiger partial charge in [-0.15, -0.1) is 0 Å². The molecule has 0 saturated carbocycles. The zero-order valence-corrected chi connectivity index (χ0v) is 16.2. The minimum atomic E-state index is -0.0661. The summed E-state index contributed by atoms with van der Waals surface area (Å²) in [6, 6.07) is 13.6. The molecule has 2 aromatic carbocycles. The van der Waals surface area contributed by atoms with Crippen LogP contribution in [0.25, 0.3) is 11.5 Å². The zero-order valence-electron chi connectivity index (χ0n) is 15.4. The molecule has 1 aliphatic heterocycles. The van der Waals surface area contributed by atoms with Gasteiger partial charge in [0, 0.05) is 35.2 Å². The van der Waals surface area contributed by atoms with E-state index in [1.807, 2.05) is 17.0 Å². The summed E-state index contributed by atoms with van der Waals surface area (Å²) in [5, 5.41) is 4.77. The molecule has 142 valence electrons. The third-order valence-electron chi connectivity index (χ3n) is 5.67. The number of carbonyl (C=O) groups is 1. The van der Waals surface area contributed by atoms with Crippen LogP contribution in [0.1, 0.15) is 42.1 Å². The Balaban J connectivity index is 1.41. The topological polar surface area (TPSA) is 59.2 Å². The first-order chi connectivity index (χ1) is 13.7. The molecule has 5 rings (SSSR count). The number of rotatable bonds is 3. The van der Waals surface area contributed by atoms with Gasteiger partial charge in [-0.2, -0.15) is 4.98 Å². The number of fused-ring (bicyclic) bond motifs is 1. The molecule has 0 radical (unpaired) electrons. The van der Waals surface area contributed by atoms with Gasteiger partial charge in [-0.1, -0.05) is 35.0 Å². The van der Waals surface area contributed by atoms with Gasteiger partial charge in [0.1, 0.15) is 0 Å². The highest BCUT2D eigenvalue weighted by Gasteiger charge is 2.36. The Bertz CT molecular complexity index is 1050. The second-order valence-electron chi connectivity index (χ2n) is 7.50. The standard InChI is InChI=1S/C22H20ClN3O2/c23-17-8-3-7-15(11-17)22-24-21(25-28-22)16-12-20(27)26(13-16)19-10-4-6-14-5-1-2-9-18(14)19/h3-4,6-8,10-11,16H,1-2,5,9,12-13H2. The molecular formula is C22H20ClN3O2. The lowest BCUT2D eigenvalue weighted by Crippen LogP contribution is -2.26. The average molecular weight is 394 g/mol. The maximum absolute atomic E-state index is 12.8. The molecule has 6 heteroatoms. The SMILES string of the molecule is O=C1CC(c2noc(-c3cccc(Cl)c3)n2)CN1c1cccc2c1CCCC2. The molecule has 0 bridgehead atoms. The van der Waals surface area contributed by atoms with E-state index in [2.05, 4.69) is 28.3 Å². The summed E-state index contributed by atoms with van der Waals surface area (Å²) < 4.78 is 5.44. The second kappa shape index (κ2) is 7.06. The van der Waals surface area contributed by atoms with E-state index < -0.39 is 0 Å². The van der Waals surface area contributed by atoms with Crippen LogP contribution in [0.5, 0.6) is 0 Å². The van der Waals surface area contributed by atoms with E-state index in [0.29, 0.717) is 29.7 Å². The summed E-state index contributed by atoms with van der Waals surface area (Å²) in [6.45, 7) is 0.587. The van der Waals surface area contributed by atoms with Crippen molar-refractivity contribution in [2.75, 3.05) is 11.4 Å². The predicted molar refractivity (Wildman–Crippen MR) is 108 cm³/mol. The number of nitrogens with zero attached hydrogens (tertiary/aromatic N) is 3. The first kappa shape index (κ1) is 17.4. The monoisotopic (exact) mass is 393 g/mol. The van der Waals surface area contributed by atoms with Crippen LogP contribution < -0.4 is 4.90 Å². The van der Waals surface area contributed by atoms with Crippen LogP contribution in [-0.4, -0.2) is 22.6 Å². The molecule has 2 aliphatic rings. The van der Waals surface area contributed by atoms with Gasteiger partial charge >= 0.3 is 0 Å². The Morgan fingerprint density at radius 2 is 1.96 bits per heavy atom. The fourth-order valence-corrected chi connectivity index (χ4v) is 4.46. The van der Waals surface area contributed by atoms with Crippen LogP contribution in [-0.2, 0) is 17.6 Å². The zero-order chi connectivity index (χ0) is 19.1. The van der Waals surface area contributed by atoms with Gasteiger partial charge in [-0.25, -0.2) is 0 Å². The molecular weight excluding hydrogens is 374 g/mol. The van der Waals surface area contributed by atoms with Crippen molar-refractivity contribution in [1.82, 2.24) is 10.1 Å². The average Bonchev–Trinajstić information content (AvgIpc) is 3.34. The maximum atomic E-state index is 12.8. The second-order valence-corrected chi connectivity index (χ2v) is 7.93. The van der Waals surface area contributed by atoms with E-state index in [0.717, 1.165) is 24.1 Å². The normalized spacial score (nSPS) is 19.1. The summed E-state index contributed by atoms with van der Waals surface area (Å²) in [6.07, 6.45) is 4.95. The molecule has 5 nitrogen and oxygen atoms in total. The van der Waals surface area contributed by atoms with Gasteiger partial charge in [0.15, 0.2) is 5.82 Å². The van der Waals surface area contributed by atoms with Crippen molar-refractivity contribution in [2.45, 2.75) is 38.0 Å². The van der Waals surface area contributed by atoms with Crippen LogP contribution in [0.4, 0.5) is 5.69 Å². The molecule has 1 aliphatic carbocycles. The Morgan fingerprint density at radius 3 is 2.86 bits per heavy atom. The number of hydrogen-bond donors (Lipinski definition) is 0. The molecule has 1 aromatic heterocycles. The highest BCUT2D eigenvalue weighted by Crippen LogP contribution is 2.36. The number of anilines is 1. The highest BCUT2D eigenvalue weighted by atomic mass is 35.5. The lowest BCUT2D eigenvalue weighted by Gasteiger charge is -2.25. The molecule has 1 unspecified atom stereocenters. The van der Waals surface area contributed by atoms with Crippen molar-refractivity contribution in [2.24, 2.45) is 0 Å².